The maximum atomic E-state index is 12.7. The summed E-state index contributed by atoms with van der Waals surface area (Å²) in [5.74, 6) is -0.296. The van der Waals surface area contributed by atoms with Crippen molar-refractivity contribution >= 4 is 17.5 Å². The lowest BCUT2D eigenvalue weighted by molar-refractivity contribution is -0.137. The summed E-state index contributed by atoms with van der Waals surface area (Å²) < 4.78 is 38.1. The molecule has 0 fully saturated rings. The first-order valence-corrected chi connectivity index (χ1v) is 7.45. The second-order valence-corrected chi connectivity index (χ2v) is 5.08. The number of nitrogens with one attached hydrogen (secondary N) is 2. The maximum Gasteiger partial charge on any atom is 0.416 e. The number of rotatable bonds is 6. The van der Waals surface area contributed by atoms with Crippen molar-refractivity contribution in [1.82, 2.24) is 15.3 Å². The Hall–Kier alpha value is -2.64. The Morgan fingerprint density at radius 1 is 1.25 bits per heavy atom. The molecule has 0 spiro atoms. The van der Waals surface area contributed by atoms with Crippen molar-refractivity contribution in [3.63, 3.8) is 0 Å². The lowest BCUT2D eigenvalue weighted by atomic mass is 10.2. The number of alkyl halides is 3. The van der Waals surface area contributed by atoms with Crippen LogP contribution in [0.2, 0.25) is 0 Å². The molecule has 128 valence electrons. The number of hydrogen-bond acceptors (Lipinski definition) is 4. The molecule has 1 amide bonds. The van der Waals surface area contributed by atoms with Crippen LogP contribution in [-0.2, 0) is 6.18 Å². The number of hydrogen-bond donors (Lipinski definition) is 2. The Kier molecular flexibility index (Phi) is 5.73. The average Bonchev–Trinajstić information content (AvgIpc) is 2.55. The smallest absolute Gasteiger partial charge is 0.351 e. The molecule has 0 saturated heterocycles. The molecule has 24 heavy (non-hydrogen) atoms. The first kappa shape index (κ1) is 17.7. The summed E-state index contributed by atoms with van der Waals surface area (Å²) in [6.07, 6.45) is -1.25. The Morgan fingerprint density at radius 2 is 2.04 bits per heavy atom. The quantitative estimate of drug-likeness (QED) is 0.787. The molecule has 5 nitrogen and oxygen atoms in total. The van der Waals surface area contributed by atoms with Crippen LogP contribution in [0.25, 0.3) is 0 Å². The molecule has 0 radical (unpaired) electrons. The first-order valence-electron chi connectivity index (χ1n) is 7.45. The van der Waals surface area contributed by atoms with Gasteiger partial charge >= 0.3 is 6.18 Å². The van der Waals surface area contributed by atoms with Crippen molar-refractivity contribution in [3.05, 3.63) is 47.8 Å². The fraction of sp³-hybridized carbons (Fsp3) is 0.312. The first-order chi connectivity index (χ1) is 11.4. The van der Waals surface area contributed by atoms with Gasteiger partial charge in [0.15, 0.2) is 0 Å². The molecule has 2 N–H and O–H groups in total. The molecule has 1 heterocycles. The molecule has 0 bridgehead atoms. The number of halogens is 3. The fourth-order valence-electron chi connectivity index (χ4n) is 1.92. The van der Waals surface area contributed by atoms with Crippen molar-refractivity contribution in [1.29, 1.82) is 0 Å². The molecule has 0 aliphatic carbocycles. The molecule has 0 aliphatic rings. The fourth-order valence-corrected chi connectivity index (χ4v) is 1.92. The predicted molar refractivity (Wildman–Crippen MR) is 84.0 cm³/mol. The van der Waals surface area contributed by atoms with E-state index in [-0.39, 0.29) is 23.2 Å². The summed E-state index contributed by atoms with van der Waals surface area (Å²) in [4.78, 5) is 19.9. The van der Waals surface area contributed by atoms with E-state index in [1.807, 2.05) is 6.92 Å². The van der Waals surface area contributed by atoms with E-state index in [4.69, 9.17) is 0 Å². The van der Waals surface area contributed by atoms with Crippen molar-refractivity contribution in [2.24, 2.45) is 0 Å². The third-order valence-corrected chi connectivity index (χ3v) is 3.15. The molecule has 1 aromatic heterocycles. The summed E-state index contributed by atoms with van der Waals surface area (Å²) in [6, 6.07) is 6.12. The number of amides is 1. The Bertz CT molecular complexity index is 704. The van der Waals surface area contributed by atoms with Gasteiger partial charge in [-0.25, -0.2) is 9.97 Å². The standard InChI is InChI=1S/C16H17F3N4O/c1-2-3-8-20-14(24)13-7-9-21-15(23-13)22-12-6-4-5-11(10-12)16(17,18)19/h4-7,9-10H,2-3,8H2,1H3,(H,20,24)(H,21,22,23). The number of anilines is 2. The van der Waals surface area contributed by atoms with Crippen LogP contribution in [0.4, 0.5) is 24.8 Å². The van der Waals surface area contributed by atoms with Crippen LogP contribution in [0.3, 0.4) is 0 Å². The third-order valence-electron chi connectivity index (χ3n) is 3.15. The summed E-state index contributed by atoms with van der Waals surface area (Å²) in [6.45, 7) is 2.55. The molecule has 2 rings (SSSR count). The molecule has 0 saturated carbocycles. The molecule has 8 heteroatoms. The van der Waals surface area contributed by atoms with Crippen LogP contribution in [-0.4, -0.2) is 22.4 Å². The summed E-state index contributed by atoms with van der Waals surface area (Å²) in [5.41, 5.74) is -0.440. The highest BCUT2D eigenvalue weighted by Crippen LogP contribution is 2.31. The number of benzene rings is 1. The topological polar surface area (TPSA) is 66.9 Å². The number of carbonyl (C=O) groups excluding carboxylic acids is 1. The Morgan fingerprint density at radius 3 is 2.75 bits per heavy atom. The van der Waals surface area contributed by atoms with Gasteiger partial charge in [-0.1, -0.05) is 19.4 Å². The molecular formula is C16H17F3N4O. The average molecular weight is 338 g/mol. The number of nitrogens with zero attached hydrogens (tertiary/aromatic N) is 2. The van der Waals surface area contributed by atoms with Crippen molar-refractivity contribution in [2.75, 3.05) is 11.9 Å². The van der Waals surface area contributed by atoms with E-state index in [2.05, 4.69) is 20.6 Å². The summed E-state index contributed by atoms with van der Waals surface area (Å²) in [7, 11) is 0. The van der Waals surface area contributed by atoms with E-state index in [0.29, 0.717) is 6.54 Å². The number of carbonyl (C=O) groups is 1. The second kappa shape index (κ2) is 7.76. The zero-order valence-corrected chi connectivity index (χ0v) is 13.0. The highest BCUT2D eigenvalue weighted by Gasteiger charge is 2.30. The van der Waals surface area contributed by atoms with Crippen LogP contribution in [0.15, 0.2) is 36.5 Å². The van der Waals surface area contributed by atoms with Gasteiger partial charge in [-0.15, -0.1) is 0 Å². The highest BCUT2D eigenvalue weighted by atomic mass is 19.4. The second-order valence-electron chi connectivity index (χ2n) is 5.08. The van der Waals surface area contributed by atoms with Crippen molar-refractivity contribution in [3.8, 4) is 0 Å². The summed E-state index contributed by atoms with van der Waals surface area (Å²) in [5, 5.41) is 5.39. The van der Waals surface area contributed by atoms with Gasteiger partial charge in [-0.2, -0.15) is 13.2 Å². The van der Waals surface area contributed by atoms with Gasteiger partial charge in [0.25, 0.3) is 5.91 Å². The molecule has 1 aromatic carbocycles. The van der Waals surface area contributed by atoms with E-state index < -0.39 is 11.7 Å². The van der Waals surface area contributed by atoms with Crippen molar-refractivity contribution < 1.29 is 18.0 Å². The van der Waals surface area contributed by atoms with Crippen LogP contribution in [0.1, 0.15) is 35.8 Å². The van der Waals surface area contributed by atoms with Crippen LogP contribution >= 0.6 is 0 Å². The number of aromatic nitrogens is 2. The molecule has 0 unspecified atom stereocenters. The van der Waals surface area contributed by atoms with Gasteiger partial charge in [0.2, 0.25) is 5.95 Å². The van der Waals surface area contributed by atoms with E-state index in [9.17, 15) is 18.0 Å². The Balaban J connectivity index is 2.11. The maximum absolute atomic E-state index is 12.7. The van der Waals surface area contributed by atoms with Crippen molar-refractivity contribution in [2.45, 2.75) is 25.9 Å². The highest BCUT2D eigenvalue weighted by molar-refractivity contribution is 5.92. The number of unbranched alkanes of at least 4 members (excludes halogenated alkanes) is 1. The molecular weight excluding hydrogens is 321 g/mol. The third kappa shape index (κ3) is 4.94. The lowest BCUT2D eigenvalue weighted by Gasteiger charge is -2.10. The van der Waals surface area contributed by atoms with Gasteiger partial charge in [-0.3, -0.25) is 4.79 Å². The van der Waals surface area contributed by atoms with Gasteiger partial charge in [-0.05, 0) is 30.7 Å². The normalized spacial score (nSPS) is 11.2. The van der Waals surface area contributed by atoms with Crippen LogP contribution in [0, 0.1) is 0 Å². The van der Waals surface area contributed by atoms with Gasteiger partial charge < -0.3 is 10.6 Å². The van der Waals surface area contributed by atoms with E-state index in [1.165, 1.54) is 24.4 Å². The van der Waals surface area contributed by atoms with Gasteiger partial charge in [0.05, 0.1) is 5.56 Å². The van der Waals surface area contributed by atoms with Crippen LogP contribution in [0.5, 0.6) is 0 Å². The van der Waals surface area contributed by atoms with Gasteiger partial charge in [0, 0.05) is 18.4 Å². The minimum absolute atomic E-state index is 0.0532. The lowest BCUT2D eigenvalue weighted by Crippen LogP contribution is -2.25. The Labute approximate surface area is 137 Å². The minimum atomic E-state index is -4.43. The monoisotopic (exact) mass is 338 g/mol. The molecule has 2 aromatic rings. The summed E-state index contributed by atoms with van der Waals surface area (Å²) >= 11 is 0. The molecule has 0 atom stereocenters. The zero-order chi connectivity index (χ0) is 17.6. The minimum Gasteiger partial charge on any atom is -0.351 e. The molecule has 0 aliphatic heterocycles. The van der Waals surface area contributed by atoms with Gasteiger partial charge in [0.1, 0.15) is 5.69 Å². The predicted octanol–water partition coefficient (Wildman–Crippen LogP) is 3.77. The van der Waals surface area contributed by atoms with E-state index in [1.54, 1.807) is 0 Å². The largest absolute Gasteiger partial charge is 0.416 e. The SMILES string of the molecule is CCCCNC(=O)c1ccnc(Nc2cccc(C(F)(F)F)c2)n1. The van der Waals surface area contributed by atoms with E-state index in [0.717, 1.165) is 25.0 Å². The van der Waals surface area contributed by atoms with Crippen LogP contribution < -0.4 is 10.6 Å². The van der Waals surface area contributed by atoms with E-state index >= 15 is 0 Å². The zero-order valence-electron chi connectivity index (χ0n) is 13.0.